The number of nitrogens with one attached hydrogen (secondary N) is 1. The van der Waals surface area contributed by atoms with Gasteiger partial charge in [-0.05, 0) is 12.8 Å². The molecule has 0 spiro atoms. The van der Waals surface area contributed by atoms with E-state index in [4.69, 9.17) is 5.73 Å². The van der Waals surface area contributed by atoms with E-state index in [1.165, 1.54) is 17.5 Å². The van der Waals surface area contributed by atoms with Gasteiger partial charge in [-0.25, -0.2) is 4.68 Å². The van der Waals surface area contributed by atoms with Crippen molar-refractivity contribution in [3.63, 3.8) is 0 Å². The summed E-state index contributed by atoms with van der Waals surface area (Å²) in [5.74, 6) is -0.176. The van der Waals surface area contributed by atoms with Crippen LogP contribution in [0.2, 0.25) is 0 Å². The highest BCUT2D eigenvalue weighted by Crippen LogP contribution is 2.10. The van der Waals surface area contributed by atoms with Crippen LogP contribution in [0.5, 0.6) is 0 Å². The summed E-state index contributed by atoms with van der Waals surface area (Å²) in [7, 11) is 0. The van der Waals surface area contributed by atoms with Gasteiger partial charge in [-0.3, -0.25) is 9.59 Å². The van der Waals surface area contributed by atoms with E-state index in [1.54, 1.807) is 6.20 Å². The summed E-state index contributed by atoms with van der Waals surface area (Å²) in [6, 6.07) is 0. The van der Waals surface area contributed by atoms with Crippen molar-refractivity contribution >= 4 is 11.8 Å². The molecule has 0 saturated carbocycles. The van der Waals surface area contributed by atoms with Crippen LogP contribution in [0, 0.1) is 0 Å². The van der Waals surface area contributed by atoms with E-state index in [-0.39, 0.29) is 31.4 Å². The van der Waals surface area contributed by atoms with E-state index >= 15 is 0 Å². The number of nitrogens with two attached hydrogens (primary N) is 1. The molecule has 1 aliphatic rings. The van der Waals surface area contributed by atoms with Crippen molar-refractivity contribution in [1.29, 1.82) is 0 Å². The van der Waals surface area contributed by atoms with E-state index < -0.39 is 0 Å². The average molecular weight is 294 g/mol. The Hall–Kier alpha value is -1.96. The van der Waals surface area contributed by atoms with E-state index in [9.17, 15) is 9.59 Å². The van der Waals surface area contributed by atoms with E-state index in [1.807, 2.05) is 4.90 Å². The molecule has 1 aliphatic heterocycles. The predicted octanol–water partition coefficient (Wildman–Crippen LogP) is -0.744. The highest BCUT2D eigenvalue weighted by Gasteiger charge is 2.16. The highest BCUT2D eigenvalue weighted by molar-refractivity contribution is 5.77. The number of rotatable bonds is 5. The van der Waals surface area contributed by atoms with Gasteiger partial charge in [0, 0.05) is 13.1 Å². The predicted molar refractivity (Wildman–Crippen MR) is 76.0 cm³/mol. The van der Waals surface area contributed by atoms with Crippen molar-refractivity contribution in [2.75, 3.05) is 19.6 Å². The molecule has 116 valence electrons. The molecule has 0 atom stereocenters. The summed E-state index contributed by atoms with van der Waals surface area (Å²) in [4.78, 5) is 25.1. The van der Waals surface area contributed by atoms with Gasteiger partial charge < -0.3 is 16.0 Å². The van der Waals surface area contributed by atoms with Gasteiger partial charge in [0.2, 0.25) is 11.8 Å². The van der Waals surface area contributed by atoms with Gasteiger partial charge in [-0.15, -0.1) is 5.10 Å². The molecular formula is C13H22N6O2. The van der Waals surface area contributed by atoms with Gasteiger partial charge in [0.25, 0.3) is 0 Å². The van der Waals surface area contributed by atoms with Crippen LogP contribution in [0.3, 0.4) is 0 Å². The van der Waals surface area contributed by atoms with E-state index in [2.05, 4.69) is 15.6 Å². The molecule has 8 nitrogen and oxygen atoms in total. The van der Waals surface area contributed by atoms with Crippen molar-refractivity contribution in [3.8, 4) is 0 Å². The van der Waals surface area contributed by atoms with E-state index in [0.29, 0.717) is 5.69 Å². The standard InChI is InChI=1S/C13H22N6O2/c14-7-12(20)15-8-11-9-19(17-16-11)10-13(21)18-5-3-1-2-4-6-18/h9H,1-8,10,14H2,(H,15,20). The van der Waals surface area contributed by atoms with Crippen molar-refractivity contribution in [2.45, 2.75) is 38.8 Å². The summed E-state index contributed by atoms with van der Waals surface area (Å²) < 4.78 is 1.51. The van der Waals surface area contributed by atoms with Gasteiger partial charge in [0.1, 0.15) is 12.2 Å². The first-order chi connectivity index (χ1) is 10.2. The molecule has 2 amide bonds. The Morgan fingerprint density at radius 3 is 2.62 bits per heavy atom. The lowest BCUT2D eigenvalue weighted by molar-refractivity contribution is -0.132. The molecule has 0 bridgehead atoms. The molecule has 0 radical (unpaired) electrons. The largest absolute Gasteiger partial charge is 0.349 e. The highest BCUT2D eigenvalue weighted by atomic mass is 16.2. The minimum Gasteiger partial charge on any atom is -0.349 e. The summed E-state index contributed by atoms with van der Waals surface area (Å²) >= 11 is 0. The second kappa shape index (κ2) is 7.72. The third-order valence-corrected chi connectivity index (χ3v) is 3.49. The molecule has 2 rings (SSSR count). The topological polar surface area (TPSA) is 106 Å². The van der Waals surface area contributed by atoms with Crippen molar-refractivity contribution < 1.29 is 9.59 Å². The maximum atomic E-state index is 12.2. The molecule has 1 aromatic rings. The average Bonchev–Trinajstić information content (AvgIpc) is 2.76. The normalized spacial score (nSPS) is 15.6. The minimum absolute atomic E-state index is 0.0540. The first kappa shape index (κ1) is 15.4. The van der Waals surface area contributed by atoms with Gasteiger partial charge in [-0.1, -0.05) is 18.1 Å². The van der Waals surface area contributed by atoms with Crippen LogP contribution in [0.25, 0.3) is 0 Å². The van der Waals surface area contributed by atoms with Gasteiger partial charge in [0.05, 0.1) is 19.3 Å². The monoisotopic (exact) mass is 294 g/mol. The van der Waals surface area contributed by atoms with Crippen molar-refractivity contribution in [1.82, 2.24) is 25.2 Å². The second-order valence-corrected chi connectivity index (χ2v) is 5.18. The number of hydrogen-bond donors (Lipinski definition) is 2. The lowest BCUT2D eigenvalue weighted by Gasteiger charge is -2.19. The smallest absolute Gasteiger partial charge is 0.244 e. The number of aromatic nitrogens is 3. The third kappa shape index (κ3) is 4.82. The fourth-order valence-corrected chi connectivity index (χ4v) is 2.32. The van der Waals surface area contributed by atoms with Crippen molar-refractivity contribution in [3.05, 3.63) is 11.9 Å². The Morgan fingerprint density at radius 1 is 1.24 bits per heavy atom. The molecule has 1 saturated heterocycles. The third-order valence-electron chi connectivity index (χ3n) is 3.49. The summed E-state index contributed by atoms with van der Waals surface area (Å²) in [6.45, 7) is 2.06. The fourth-order valence-electron chi connectivity index (χ4n) is 2.32. The number of hydrogen-bond acceptors (Lipinski definition) is 5. The summed E-state index contributed by atoms with van der Waals surface area (Å²) in [6.07, 6.45) is 6.20. The van der Waals surface area contributed by atoms with Gasteiger partial charge >= 0.3 is 0 Å². The minimum atomic E-state index is -0.245. The molecule has 2 heterocycles. The van der Waals surface area contributed by atoms with Crippen molar-refractivity contribution in [2.24, 2.45) is 5.73 Å². The molecule has 3 N–H and O–H groups in total. The summed E-state index contributed by atoms with van der Waals surface area (Å²) in [5.41, 5.74) is 5.81. The van der Waals surface area contributed by atoms with Crippen LogP contribution in [0.15, 0.2) is 6.20 Å². The Labute approximate surface area is 123 Å². The fraction of sp³-hybridized carbons (Fsp3) is 0.692. The van der Waals surface area contributed by atoms with Crippen LogP contribution in [0.4, 0.5) is 0 Å². The number of nitrogens with zero attached hydrogens (tertiary/aromatic N) is 4. The molecule has 21 heavy (non-hydrogen) atoms. The first-order valence-corrected chi connectivity index (χ1v) is 7.32. The second-order valence-electron chi connectivity index (χ2n) is 5.18. The molecule has 1 aromatic heterocycles. The number of carbonyl (C=O) groups excluding carboxylic acids is 2. The quantitative estimate of drug-likeness (QED) is 0.743. The Kier molecular flexibility index (Phi) is 5.68. The molecule has 8 heteroatoms. The lowest BCUT2D eigenvalue weighted by atomic mass is 10.2. The number of carbonyl (C=O) groups is 2. The van der Waals surface area contributed by atoms with Crippen LogP contribution in [0.1, 0.15) is 31.4 Å². The zero-order valence-electron chi connectivity index (χ0n) is 12.1. The zero-order valence-corrected chi connectivity index (χ0v) is 12.1. The lowest BCUT2D eigenvalue weighted by Crippen LogP contribution is -2.34. The van der Waals surface area contributed by atoms with Crippen LogP contribution < -0.4 is 11.1 Å². The maximum Gasteiger partial charge on any atom is 0.244 e. The zero-order chi connectivity index (χ0) is 15.1. The number of likely N-dealkylation sites (tertiary alicyclic amines) is 1. The Bertz CT molecular complexity index is 479. The molecular weight excluding hydrogens is 272 g/mol. The van der Waals surface area contributed by atoms with Crippen LogP contribution in [-0.2, 0) is 22.7 Å². The van der Waals surface area contributed by atoms with Crippen LogP contribution >= 0.6 is 0 Å². The molecule has 0 unspecified atom stereocenters. The SMILES string of the molecule is NCC(=O)NCc1cn(CC(=O)N2CCCCCC2)nn1. The number of amides is 2. The molecule has 0 aromatic carbocycles. The first-order valence-electron chi connectivity index (χ1n) is 7.32. The van der Waals surface area contributed by atoms with E-state index in [0.717, 1.165) is 25.9 Å². The maximum absolute atomic E-state index is 12.2. The van der Waals surface area contributed by atoms with Crippen LogP contribution in [-0.4, -0.2) is 51.3 Å². The Balaban J connectivity index is 1.83. The van der Waals surface area contributed by atoms with Gasteiger partial charge in [0.15, 0.2) is 0 Å². The Morgan fingerprint density at radius 2 is 1.95 bits per heavy atom. The molecule has 0 aliphatic carbocycles. The van der Waals surface area contributed by atoms with Gasteiger partial charge in [-0.2, -0.15) is 0 Å². The summed E-state index contributed by atoms with van der Waals surface area (Å²) in [5, 5.41) is 10.5. The molecule has 1 fully saturated rings.